The number of para-hydroxylation sites is 1. The summed E-state index contributed by atoms with van der Waals surface area (Å²) in [6, 6.07) is 7.95. The molecule has 0 heterocycles. The highest BCUT2D eigenvalue weighted by Crippen LogP contribution is 2.32. The number of anilines is 1. The third-order valence-electron chi connectivity index (χ3n) is 2.68. The second-order valence-corrected chi connectivity index (χ2v) is 5.70. The molecule has 1 rings (SSSR count). The molecule has 0 saturated heterocycles. The Bertz CT molecular complexity index is 413. The molecule has 1 aromatic rings. The van der Waals surface area contributed by atoms with Crippen molar-refractivity contribution in [3.63, 3.8) is 0 Å². The molecular weight excluding hydrogens is 294 g/mol. The lowest BCUT2D eigenvalue weighted by Gasteiger charge is -2.29. The van der Waals surface area contributed by atoms with Crippen molar-refractivity contribution in [2.45, 2.75) is 26.2 Å². The van der Waals surface area contributed by atoms with Gasteiger partial charge in [-0.05, 0) is 17.0 Å². The van der Waals surface area contributed by atoms with Gasteiger partial charge in [0.2, 0.25) is 5.91 Å². The molecule has 0 aliphatic heterocycles. The zero-order chi connectivity index (χ0) is 13.8. The molecule has 0 fully saturated rings. The normalized spacial score (nSPS) is 11.4. The number of nitrogens with zero attached hydrogens (tertiary/aromatic N) is 1. The fourth-order valence-electron chi connectivity index (χ4n) is 1.82. The average Bonchev–Trinajstić information content (AvgIpc) is 2.34. The minimum absolute atomic E-state index is 0.00597. The van der Waals surface area contributed by atoms with Gasteiger partial charge in [0.25, 0.3) is 0 Å². The molecule has 0 bridgehead atoms. The topological polar surface area (TPSA) is 29.5 Å². The van der Waals surface area contributed by atoms with Crippen LogP contribution in [0.1, 0.15) is 26.3 Å². The highest BCUT2D eigenvalue weighted by molar-refractivity contribution is 9.09. The largest absolute Gasteiger partial charge is 0.364 e. The van der Waals surface area contributed by atoms with E-state index in [-0.39, 0.29) is 23.4 Å². The first-order chi connectivity index (χ1) is 8.41. The van der Waals surface area contributed by atoms with Gasteiger partial charge in [-0.15, -0.1) is 0 Å². The van der Waals surface area contributed by atoms with E-state index in [4.69, 9.17) is 4.74 Å². The van der Waals surface area contributed by atoms with Crippen LogP contribution in [-0.2, 0) is 14.9 Å². The maximum atomic E-state index is 12.0. The number of ether oxygens (including phenoxy) is 1. The molecule has 0 saturated carbocycles. The molecule has 18 heavy (non-hydrogen) atoms. The minimum Gasteiger partial charge on any atom is -0.364 e. The first kappa shape index (κ1) is 15.2. The van der Waals surface area contributed by atoms with E-state index in [1.54, 1.807) is 12.0 Å². The van der Waals surface area contributed by atoms with Gasteiger partial charge in [-0.25, -0.2) is 0 Å². The molecule has 0 radical (unpaired) electrons. The fourth-order valence-corrected chi connectivity index (χ4v) is 2.12. The number of carbonyl (C=O) groups excluding carboxylic acids is 1. The molecular formula is C14H20BrNO2. The smallest absolute Gasteiger partial charge is 0.239 e. The van der Waals surface area contributed by atoms with Gasteiger partial charge < -0.3 is 4.74 Å². The van der Waals surface area contributed by atoms with Crippen molar-refractivity contribution in [1.29, 1.82) is 0 Å². The second kappa shape index (κ2) is 6.34. The third-order valence-corrected chi connectivity index (χ3v) is 3.16. The van der Waals surface area contributed by atoms with Crippen molar-refractivity contribution in [3.05, 3.63) is 29.8 Å². The van der Waals surface area contributed by atoms with Crippen molar-refractivity contribution in [2.75, 3.05) is 24.1 Å². The van der Waals surface area contributed by atoms with Crippen molar-refractivity contribution in [3.8, 4) is 0 Å². The lowest BCUT2D eigenvalue weighted by atomic mass is 9.85. The summed E-state index contributed by atoms with van der Waals surface area (Å²) in [4.78, 5) is 13.6. The zero-order valence-corrected chi connectivity index (χ0v) is 13.0. The number of carbonyl (C=O) groups is 1. The summed E-state index contributed by atoms with van der Waals surface area (Å²) in [6.07, 6.45) is 0. The molecule has 0 atom stereocenters. The predicted octanol–water partition coefficient (Wildman–Crippen LogP) is 3.32. The van der Waals surface area contributed by atoms with Gasteiger partial charge in [-0.3, -0.25) is 9.69 Å². The van der Waals surface area contributed by atoms with E-state index < -0.39 is 0 Å². The van der Waals surface area contributed by atoms with Crippen LogP contribution in [0.4, 0.5) is 5.69 Å². The van der Waals surface area contributed by atoms with Crippen LogP contribution in [0.5, 0.6) is 0 Å². The molecule has 100 valence electrons. The fraction of sp³-hybridized carbons (Fsp3) is 0.500. The van der Waals surface area contributed by atoms with Gasteiger partial charge in [0.15, 0.2) is 0 Å². The van der Waals surface area contributed by atoms with E-state index in [1.807, 2.05) is 18.2 Å². The Balaban J connectivity index is 3.24. The lowest BCUT2D eigenvalue weighted by molar-refractivity contribution is -0.117. The van der Waals surface area contributed by atoms with Gasteiger partial charge in [0.1, 0.15) is 6.73 Å². The van der Waals surface area contributed by atoms with Crippen LogP contribution in [0.2, 0.25) is 0 Å². The Morgan fingerprint density at radius 1 is 1.33 bits per heavy atom. The molecule has 0 aliphatic rings. The number of halogens is 1. The summed E-state index contributed by atoms with van der Waals surface area (Å²) in [5.41, 5.74) is 2.03. The number of rotatable bonds is 4. The van der Waals surface area contributed by atoms with Crippen LogP contribution in [0.15, 0.2) is 24.3 Å². The average molecular weight is 314 g/mol. The van der Waals surface area contributed by atoms with E-state index in [0.29, 0.717) is 0 Å². The first-order valence-corrected chi connectivity index (χ1v) is 6.98. The molecule has 0 N–H and O–H groups in total. The zero-order valence-electron chi connectivity index (χ0n) is 11.4. The standard InChI is InChI=1S/C14H20BrNO2/c1-14(2,3)11-7-5-6-8-12(11)16(10-18-4)13(17)9-15/h5-8H,9-10H2,1-4H3. The van der Waals surface area contributed by atoms with Crippen molar-refractivity contribution < 1.29 is 9.53 Å². The van der Waals surface area contributed by atoms with Crippen molar-refractivity contribution in [1.82, 2.24) is 0 Å². The number of hydrogen-bond donors (Lipinski definition) is 0. The molecule has 1 aromatic carbocycles. The number of methoxy groups -OCH3 is 1. The lowest BCUT2D eigenvalue weighted by Crippen LogP contribution is -2.35. The quantitative estimate of drug-likeness (QED) is 0.630. The van der Waals surface area contributed by atoms with Gasteiger partial charge in [0.05, 0.1) is 5.33 Å². The van der Waals surface area contributed by atoms with E-state index >= 15 is 0 Å². The minimum atomic E-state index is -0.0187. The maximum Gasteiger partial charge on any atom is 0.239 e. The Morgan fingerprint density at radius 3 is 2.44 bits per heavy atom. The molecule has 4 heteroatoms. The number of amides is 1. The highest BCUT2D eigenvalue weighted by Gasteiger charge is 2.23. The Labute approximate surface area is 117 Å². The van der Waals surface area contributed by atoms with Gasteiger partial charge in [0, 0.05) is 12.8 Å². The van der Waals surface area contributed by atoms with Crippen LogP contribution < -0.4 is 4.90 Å². The van der Waals surface area contributed by atoms with Crippen molar-refractivity contribution >= 4 is 27.5 Å². The third kappa shape index (κ3) is 3.56. The molecule has 0 unspecified atom stereocenters. The van der Waals surface area contributed by atoms with Crippen LogP contribution in [0, 0.1) is 0 Å². The monoisotopic (exact) mass is 313 g/mol. The maximum absolute atomic E-state index is 12.0. The number of alkyl halides is 1. The predicted molar refractivity (Wildman–Crippen MR) is 78.3 cm³/mol. The number of hydrogen-bond acceptors (Lipinski definition) is 2. The van der Waals surface area contributed by atoms with Crippen LogP contribution in [-0.4, -0.2) is 25.1 Å². The summed E-state index contributed by atoms with van der Waals surface area (Å²) >= 11 is 3.21. The Hall–Kier alpha value is -0.870. The first-order valence-electron chi connectivity index (χ1n) is 5.86. The van der Waals surface area contributed by atoms with Crippen LogP contribution in [0.3, 0.4) is 0 Å². The summed E-state index contributed by atoms with van der Waals surface area (Å²) < 4.78 is 5.13. The van der Waals surface area contributed by atoms with Gasteiger partial charge in [-0.1, -0.05) is 54.9 Å². The number of benzene rings is 1. The van der Waals surface area contributed by atoms with Crippen LogP contribution in [0.25, 0.3) is 0 Å². The molecule has 1 amide bonds. The van der Waals surface area contributed by atoms with E-state index in [2.05, 4.69) is 42.8 Å². The summed E-state index contributed by atoms with van der Waals surface area (Å²) in [7, 11) is 1.59. The molecule has 3 nitrogen and oxygen atoms in total. The second-order valence-electron chi connectivity index (χ2n) is 5.14. The highest BCUT2D eigenvalue weighted by atomic mass is 79.9. The Kier molecular flexibility index (Phi) is 5.35. The molecule has 0 spiro atoms. The van der Waals surface area contributed by atoms with Gasteiger partial charge in [-0.2, -0.15) is 0 Å². The SMILES string of the molecule is COCN(C(=O)CBr)c1ccccc1C(C)(C)C. The summed E-state index contributed by atoms with van der Waals surface area (Å²) in [5.74, 6) is -0.00597. The summed E-state index contributed by atoms with van der Waals surface area (Å²) in [5, 5.41) is 0.287. The van der Waals surface area contributed by atoms with Crippen molar-refractivity contribution in [2.24, 2.45) is 0 Å². The Morgan fingerprint density at radius 2 is 1.94 bits per heavy atom. The molecule has 0 aliphatic carbocycles. The summed E-state index contributed by atoms with van der Waals surface area (Å²) in [6.45, 7) is 6.66. The molecule has 0 aromatic heterocycles. The van der Waals surface area contributed by atoms with Crippen LogP contribution >= 0.6 is 15.9 Å². The van der Waals surface area contributed by atoms with E-state index in [9.17, 15) is 4.79 Å². The van der Waals surface area contributed by atoms with E-state index in [0.717, 1.165) is 11.3 Å². The van der Waals surface area contributed by atoms with E-state index in [1.165, 1.54) is 0 Å². The van der Waals surface area contributed by atoms with Gasteiger partial charge >= 0.3 is 0 Å².